The van der Waals surface area contributed by atoms with Crippen molar-refractivity contribution in [3.63, 3.8) is 0 Å². The number of halogens is 1. The van der Waals surface area contributed by atoms with Gasteiger partial charge in [-0.3, -0.25) is 0 Å². The van der Waals surface area contributed by atoms with Crippen LogP contribution in [0.5, 0.6) is 0 Å². The van der Waals surface area contributed by atoms with E-state index in [9.17, 15) is 8.42 Å². The molecule has 1 aliphatic heterocycles. The summed E-state index contributed by atoms with van der Waals surface area (Å²) in [5.41, 5.74) is 0. The van der Waals surface area contributed by atoms with Crippen molar-refractivity contribution >= 4 is 32.9 Å². The molecule has 1 rings (SSSR count). The molecule has 1 heterocycles. The van der Waals surface area contributed by atoms with Gasteiger partial charge in [0.15, 0.2) is 0 Å². The van der Waals surface area contributed by atoms with E-state index in [1.807, 2.05) is 22.9 Å². The highest BCUT2D eigenvalue weighted by Gasteiger charge is 2.27. The highest BCUT2D eigenvalue weighted by Crippen LogP contribution is 2.21. The molecule has 0 bridgehead atoms. The van der Waals surface area contributed by atoms with Crippen LogP contribution in [0.3, 0.4) is 0 Å². The molecule has 0 aromatic carbocycles. The SMILES string of the molecule is C[C@@H]1CCS(=O)(=O)N(I)C1. The lowest BCUT2D eigenvalue weighted by molar-refractivity contribution is 0.443. The summed E-state index contributed by atoms with van der Waals surface area (Å²) in [5, 5.41) is 0. The van der Waals surface area contributed by atoms with Gasteiger partial charge in [-0.25, -0.2) is 8.42 Å². The molecule has 1 atom stereocenters. The van der Waals surface area contributed by atoms with Crippen LogP contribution in [0, 0.1) is 5.92 Å². The molecule has 0 radical (unpaired) electrons. The fourth-order valence-electron chi connectivity index (χ4n) is 0.899. The van der Waals surface area contributed by atoms with Gasteiger partial charge in [0.2, 0.25) is 10.0 Å². The van der Waals surface area contributed by atoms with Crippen molar-refractivity contribution in [3.05, 3.63) is 0 Å². The maximum Gasteiger partial charge on any atom is 0.222 e. The largest absolute Gasteiger partial charge is 0.222 e. The molecule has 0 aromatic heterocycles. The number of nitrogens with zero attached hydrogens (tertiary/aromatic N) is 1. The van der Waals surface area contributed by atoms with E-state index in [-0.39, 0.29) is 0 Å². The number of hydrogen-bond donors (Lipinski definition) is 0. The minimum Gasteiger partial charge on any atom is -0.211 e. The lowest BCUT2D eigenvalue weighted by Crippen LogP contribution is -2.34. The Hall–Kier alpha value is 0.640. The fourth-order valence-corrected chi connectivity index (χ4v) is 3.54. The van der Waals surface area contributed by atoms with Crippen LogP contribution < -0.4 is 0 Å². The van der Waals surface area contributed by atoms with Gasteiger partial charge in [0.05, 0.1) is 5.75 Å². The third-order valence-corrected chi connectivity index (χ3v) is 5.32. The minimum atomic E-state index is -2.87. The Morgan fingerprint density at radius 2 is 2.20 bits per heavy atom. The standard InChI is InChI=1S/C5H10INO2S/c1-5-2-3-10(8,9)7(6)4-5/h5H,2-4H2,1H3/t5-/m1/s1. The van der Waals surface area contributed by atoms with Crippen LogP contribution >= 0.6 is 22.9 Å². The molecule has 5 heteroatoms. The first-order valence-electron chi connectivity index (χ1n) is 3.18. The molecule has 3 nitrogen and oxygen atoms in total. The Morgan fingerprint density at radius 1 is 1.60 bits per heavy atom. The van der Waals surface area contributed by atoms with E-state index in [4.69, 9.17) is 0 Å². The smallest absolute Gasteiger partial charge is 0.211 e. The van der Waals surface area contributed by atoms with Gasteiger partial charge >= 0.3 is 0 Å². The van der Waals surface area contributed by atoms with Crippen molar-refractivity contribution in [2.75, 3.05) is 12.3 Å². The van der Waals surface area contributed by atoms with Crippen LogP contribution in [0.15, 0.2) is 0 Å². The van der Waals surface area contributed by atoms with Crippen molar-refractivity contribution < 1.29 is 8.42 Å². The fraction of sp³-hybridized carbons (Fsp3) is 1.00. The zero-order valence-electron chi connectivity index (χ0n) is 5.75. The quantitative estimate of drug-likeness (QED) is 0.488. The Labute approximate surface area is 75.3 Å². The monoisotopic (exact) mass is 275 g/mol. The molecule has 10 heavy (non-hydrogen) atoms. The average molecular weight is 275 g/mol. The molecule has 0 spiro atoms. The minimum absolute atomic E-state index is 0.317. The van der Waals surface area contributed by atoms with Gasteiger partial charge in [0, 0.05) is 29.4 Å². The predicted octanol–water partition coefficient (Wildman–Crippen LogP) is 1.01. The summed E-state index contributed by atoms with van der Waals surface area (Å²) in [7, 11) is -2.87. The van der Waals surface area contributed by atoms with Crippen molar-refractivity contribution in [1.82, 2.24) is 2.52 Å². The molecule has 0 N–H and O–H groups in total. The third kappa shape index (κ3) is 1.82. The maximum atomic E-state index is 11.0. The van der Waals surface area contributed by atoms with Crippen molar-refractivity contribution in [3.8, 4) is 0 Å². The van der Waals surface area contributed by atoms with Gasteiger partial charge in [-0.05, 0) is 12.3 Å². The van der Waals surface area contributed by atoms with E-state index >= 15 is 0 Å². The Balaban J connectivity index is 2.70. The molecule has 1 saturated heterocycles. The maximum absolute atomic E-state index is 11.0. The molecule has 0 unspecified atom stereocenters. The van der Waals surface area contributed by atoms with E-state index in [1.54, 1.807) is 0 Å². The Bertz CT molecular complexity index is 214. The topological polar surface area (TPSA) is 37.4 Å². The first-order chi connectivity index (χ1) is 4.52. The van der Waals surface area contributed by atoms with Crippen LogP contribution in [0.25, 0.3) is 0 Å². The van der Waals surface area contributed by atoms with Crippen molar-refractivity contribution in [2.24, 2.45) is 5.92 Å². The molecule has 0 aromatic rings. The molecular weight excluding hydrogens is 265 g/mol. The predicted molar refractivity (Wildman–Crippen MR) is 48.3 cm³/mol. The highest BCUT2D eigenvalue weighted by atomic mass is 127. The van der Waals surface area contributed by atoms with Crippen LogP contribution in [0.1, 0.15) is 13.3 Å². The van der Waals surface area contributed by atoms with E-state index in [1.165, 1.54) is 2.52 Å². The van der Waals surface area contributed by atoms with Gasteiger partial charge < -0.3 is 0 Å². The number of rotatable bonds is 0. The van der Waals surface area contributed by atoms with E-state index in [0.717, 1.165) is 6.42 Å². The molecular formula is C5H10INO2S. The summed E-state index contributed by atoms with van der Waals surface area (Å²) in [4.78, 5) is 0. The second kappa shape index (κ2) is 2.94. The molecule has 60 valence electrons. The van der Waals surface area contributed by atoms with Crippen molar-refractivity contribution in [2.45, 2.75) is 13.3 Å². The molecule has 1 aliphatic rings. The summed E-state index contributed by atoms with van der Waals surface area (Å²) < 4.78 is 23.5. The third-order valence-electron chi connectivity index (χ3n) is 1.63. The zero-order chi connectivity index (χ0) is 7.78. The molecule has 0 saturated carbocycles. The summed E-state index contributed by atoms with van der Waals surface area (Å²) in [6, 6.07) is 0. The van der Waals surface area contributed by atoms with Gasteiger partial charge in [-0.1, -0.05) is 6.92 Å². The summed E-state index contributed by atoms with van der Waals surface area (Å²) in [6.07, 6.45) is 0.807. The second-order valence-electron chi connectivity index (χ2n) is 2.68. The average Bonchev–Trinajstić information content (AvgIpc) is 1.81. The summed E-state index contributed by atoms with van der Waals surface area (Å²) in [6.45, 7) is 2.74. The number of hydrogen-bond acceptors (Lipinski definition) is 2. The number of sulfonamides is 1. The van der Waals surface area contributed by atoms with Gasteiger partial charge in [0.1, 0.15) is 0 Å². The van der Waals surface area contributed by atoms with Gasteiger partial charge in [-0.15, -0.1) is 2.52 Å². The summed E-state index contributed by atoms with van der Waals surface area (Å²) >= 11 is 1.86. The first-order valence-corrected chi connectivity index (χ1v) is 5.76. The van der Waals surface area contributed by atoms with E-state index in [2.05, 4.69) is 6.92 Å². The zero-order valence-corrected chi connectivity index (χ0v) is 8.72. The van der Waals surface area contributed by atoms with Crippen LogP contribution in [-0.4, -0.2) is 23.2 Å². The highest BCUT2D eigenvalue weighted by molar-refractivity contribution is 14.1. The van der Waals surface area contributed by atoms with Crippen LogP contribution in [0.2, 0.25) is 0 Å². The van der Waals surface area contributed by atoms with Gasteiger partial charge in [0.25, 0.3) is 0 Å². The summed E-state index contributed by atoms with van der Waals surface area (Å²) in [5.74, 6) is 0.831. The second-order valence-corrected chi connectivity index (χ2v) is 6.51. The van der Waals surface area contributed by atoms with Crippen LogP contribution in [0.4, 0.5) is 0 Å². The van der Waals surface area contributed by atoms with Crippen molar-refractivity contribution in [1.29, 1.82) is 0 Å². The van der Waals surface area contributed by atoms with E-state index < -0.39 is 10.0 Å². The Kier molecular flexibility index (Phi) is 2.57. The Morgan fingerprint density at radius 3 is 2.60 bits per heavy atom. The molecule has 1 fully saturated rings. The van der Waals surface area contributed by atoms with Crippen LogP contribution in [-0.2, 0) is 10.0 Å². The molecule has 0 amide bonds. The van der Waals surface area contributed by atoms with Gasteiger partial charge in [-0.2, -0.15) is 0 Å². The molecule has 0 aliphatic carbocycles. The first kappa shape index (κ1) is 8.73. The normalized spacial score (nSPS) is 34.0. The lowest BCUT2D eigenvalue weighted by atomic mass is 10.1. The lowest BCUT2D eigenvalue weighted by Gasteiger charge is -2.24. The van der Waals surface area contributed by atoms with E-state index in [0.29, 0.717) is 18.2 Å².